The number of aromatic nitrogens is 1. The molecule has 0 aliphatic rings. The van der Waals surface area contributed by atoms with E-state index in [-0.39, 0.29) is 11.9 Å². The summed E-state index contributed by atoms with van der Waals surface area (Å²) in [6, 6.07) is 0.233. The van der Waals surface area contributed by atoms with Crippen LogP contribution < -0.4 is 5.32 Å². The van der Waals surface area contributed by atoms with Crippen LogP contribution in [0.15, 0.2) is 6.20 Å². The van der Waals surface area contributed by atoms with Crippen molar-refractivity contribution in [3.63, 3.8) is 0 Å². The van der Waals surface area contributed by atoms with Crippen LogP contribution in [0, 0.1) is 5.92 Å². The smallest absolute Gasteiger partial charge is 0.263 e. The van der Waals surface area contributed by atoms with Crippen LogP contribution >= 0.6 is 11.3 Å². The van der Waals surface area contributed by atoms with Crippen LogP contribution in [0.4, 0.5) is 0 Å². The maximum absolute atomic E-state index is 11.9. The van der Waals surface area contributed by atoms with Crippen molar-refractivity contribution in [2.75, 3.05) is 0 Å². The summed E-state index contributed by atoms with van der Waals surface area (Å²) in [4.78, 5) is 16.8. The first kappa shape index (κ1) is 14.2. The second kappa shape index (κ2) is 6.74. The van der Waals surface area contributed by atoms with Gasteiger partial charge in [0.25, 0.3) is 5.91 Å². The van der Waals surface area contributed by atoms with Crippen LogP contribution in [0.25, 0.3) is 0 Å². The standard InChI is InChI=1S/C13H22N2OS/c1-5-12-14-8-11(17-12)13(16)15-10(4)7-6-9(2)3/h8-10H,5-7H2,1-4H3,(H,15,16). The minimum Gasteiger partial charge on any atom is -0.349 e. The van der Waals surface area contributed by atoms with Gasteiger partial charge in [0, 0.05) is 6.04 Å². The monoisotopic (exact) mass is 254 g/mol. The van der Waals surface area contributed by atoms with E-state index < -0.39 is 0 Å². The molecule has 1 aromatic heterocycles. The van der Waals surface area contributed by atoms with E-state index in [1.807, 2.05) is 6.92 Å². The highest BCUT2D eigenvalue weighted by molar-refractivity contribution is 7.13. The fraction of sp³-hybridized carbons (Fsp3) is 0.692. The lowest BCUT2D eigenvalue weighted by molar-refractivity contribution is 0.0941. The first-order chi connectivity index (χ1) is 8.02. The van der Waals surface area contributed by atoms with Crippen molar-refractivity contribution in [3.8, 4) is 0 Å². The molecule has 3 nitrogen and oxygen atoms in total. The summed E-state index contributed by atoms with van der Waals surface area (Å²) < 4.78 is 0. The zero-order valence-corrected chi connectivity index (χ0v) is 11.9. The van der Waals surface area contributed by atoms with E-state index in [2.05, 4.69) is 31.1 Å². The molecule has 1 rings (SSSR count). The van der Waals surface area contributed by atoms with Gasteiger partial charge in [0.1, 0.15) is 4.88 Å². The molecule has 0 bridgehead atoms. The van der Waals surface area contributed by atoms with Gasteiger partial charge in [-0.3, -0.25) is 4.79 Å². The number of nitrogens with zero attached hydrogens (tertiary/aromatic N) is 1. The summed E-state index contributed by atoms with van der Waals surface area (Å²) in [7, 11) is 0. The van der Waals surface area contributed by atoms with Crippen LogP contribution in [0.3, 0.4) is 0 Å². The van der Waals surface area contributed by atoms with E-state index in [9.17, 15) is 4.79 Å². The lowest BCUT2D eigenvalue weighted by Crippen LogP contribution is -2.32. The molecule has 1 aromatic rings. The Kier molecular flexibility index (Phi) is 5.62. The molecule has 0 saturated carbocycles. The molecule has 0 fully saturated rings. The predicted octanol–water partition coefficient (Wildman–Crippen LogP) is 3.26. The van der Waals surface area contributed by atoms with Crippen LogP contribution in [0.1, 0.15) is 55.2 Å². The molecule has 96 valence electrons. The van der Waals surface area contributed by atoms with Crippen LogP contribution in [0.2, 0.25) is 0 Å². The molecule has 0 aliphatic carbocycles. The van der Waals surface area contributed by atoms with Crippen molar-refractivity contribution < 1.29 is 4.79 Å². The van der Waals surface area contributed by atoms with Gasteiger partial charge < -0.3 is 5.32 Å². The van der Waals surface area contributed by atoms with Crippen LogP contribution in [-0.4, -0.2) is 16.9 Å². The van der Waals surface area contributed by atoms with Crippen molar-refractivity contribution in [2.45, 2.75) is 53.0 Å². The van der Waals surface area contributed by atoms with Crippen LogP contribution in [-0.2, 0) is 6.42 Å². The summed E-state index contributed by atoms with van der Waals surface area (Å²) in [5.74, 6) is 0.697. The number of carbonyl (C=O) groups excluding carboxylic acids is 1. The van der Waals surface area contributed by atoms with Crippen LogP contribution in [0.5, 0.6) is 0 Å². The van der Waals surface area contributed by atoms with Gasteiger partial charge in [-0.15, -0.1) is 11.3 Å². The number of amides is 1. The second-order valence-electron chi connectivity index (χ2n) is 4.82. The maximum Gasteiger partial charge on any atom is 0.263 e. The Morgan fingerprint density at radius 1 is 1.41 bits per heavy atom. The molecule has 0 aliphatic heterocycles. The predicted molar refractivity (Wildman–Crippen MR) is 72.5 cm³/mol. The van der Waals surface area contributed by atoms with E-state index in [1.165, 1.54) is 11.3 Å². The third-order valence-corrected chi connectivity index (χ3v) is 3.77. The van der Waals surface area contributed by atoms with E-state index in [0.717, 1.165) is 29.1 Å². The maximum atomic E-state index is 11.9. The molecule has 0 saturated heterocycles. The largest absolute Gasteiger partial charge is 0.349 e. The number of nitrogens with one attached hydrogen (secondary N) is 1. The van der Waals surface area contributed by atoms with Crippen molar-refractivity contribution >= 4 is 17.2 Å². The summed E-state index contributed by atoms with van der Waals surface area (Å²) >= 11 is 1.48. The molecular weight excluding hydrogens is 232 g/mol. The Bertz CT molecular complexity index is 360. The van der Waals surface area contributed by atoms with E-state index in [1.54, 1.807) is 6.20 Å². The number of hydrogen-bond acceptors (Lipinski definition) is 3. The Morgan fingerprint density at radius 2 is 2.12 bits per heavy atom. The molecule has 1 N–H and O–H groups in total. The topological polar surface area (TPSA) is 42.0 Å². The van der Waals surface area contributed by atoms with E-state index >= 15 is 0 Å². The third kappa shape index (κ3) is 4.86. The Morgan fingerprint density at radius 3 is 2.65 bits per heavy atom. The molecule has 0 spiro atoms. The quantitative estimate of drug-likeness (QED) is 0.846. The number of rotatable bonds is 6. The van der Waals surface area contributed by atoms with Gasteiger partial charge in [0.05, 0.1) is 11.2 Å². The first-order valence-corrected chi connectivity index (χ1v) is 7.10. The van der Waals surface area contributed by atoms with Crippen molar-refractivity contribution in [1.82, 2.24) is 10.3 Å². The van der Waals surface area contributed by atoms with Gasteiger partial charge in [-0.25, -0.2) is 4.98 Å². The van der Waals surface area contributed by atoms with E-state index in [4.69, 9.17) is 0 Å². The fourth-order valence-corrected chi connectivity index (χ4v) is 2.29. The lowest BCUT2D eigenvalue weighted by Gasteiger charge is -2.14. The molecule has 1 amide bonds. The molecule has 1 heterocycles. The second-order valence-corrected chi connectivity index (χ2v) is 5.93. The summed E-state index contributed by atoms with van der Waals surface area (Å²) in [6.07, 6.45) is 4.74. The zero-order valence-electron chi connectivity index (χ0n) is 11.1. The third-order valence-electron chi connectivity index (χ3n) is 2.63. The van der Waals surface area contributed by atoms with Gasteiger partial charge in [0.15, 0.2) is 0 Å². The summed E-state index contributed by atoms with van der Waals surface area (Å²) in [5, 5.41) is 4.04. The van der Waals surface area contributed by atoms with E-state index in [0.29, 0.717) is 5.92 Å². The molecule has 17 heavy (non-hydrogen) atoms. The lowest BCUT2D eigenvalue weighted by atomic mass is 10.0. The zero-order chi connectivity index (χ0) is 12.8. The molecule has 0 aromatic carbocycles. The van der Waals surface area contributed by atoms with Crippen molar-refractivity contribution in [2.24, 2.45) is 5.92 Å². The number of hydrogen-bond donors (Lipinski definition) is 1. The Balaban J connectivity index is 2.43. The van der Waals surface area contributed by atoms with Crippen molar-refractivity contribution in [1.29, 1.82) is 0 Å². The SMILES string of the molecule is CCc1ncc(C(=O)NC(C)CCC(C)C)s1. The molecule has 1 atom stereocenters. The average Bonchev–Trinajstić information content (AvgIpc) is 2.74. The summed E-state index contributed by atoms with van der Waals surface area (Å²) in [6.45, 7) is 8.50. The minimum atomic E-state index is 0.0125. The average molecular weight is 254 g/mol. The highest BCUT2D eigenvalue weighted by Crippen LogP contribution is 2.14. The highest BCUT2D eigenvalue weighted by atomic mass is 32.1. The van der Waals surface area contributed by atoms with Crippen molar-refractivity contribution in [3.05, 3.63) is 16.1 Å². The molecule has 0 radical (unpaired) electrons. The normalized spacial score (nSPS) is 12.8. The Labute approximate surface area is 108 Å². The highest BCUT2D eigenvalue weighted by Gasteiger charge is 2.12. The molecular formula is C13H22N2OS. The minimum absolute atomic E-state index is 0.0125. The van der Waals surface area contributed by atoms with Gasteiger partial charge in [-0.1, -0.05) is 20.8 Å². The number of carbonyl (C=O) groups is 1. The summed E-state index contributed by atoms with van der Waals surface area (Å²) in [5.41, 5.74) is 0. The fourth-order valence-electron chi connectivity index (χ4n) is 1.53. The Hall–Kier alpha value is -0.900. The molecule has 1 unspecified atom stereocenters. The van der Waals surface area contributed by atoms with Gasteiger partial charge >= 0.3 is 0 Å². The first-order valence-electron chi connectivity index (χ1n) is 6.28. The van der Waals surface area contributed by atoms with Gasteiger partial charge in [-0.05, 0) is 32.1 Å². The van der Waals surface area contributed by atoms with Gasteiger partial charge in [0.2, 0.25) is 0 Å². The van der Waals surface area contributed by atoms with Gasteiger partial charge in [-0.2, -0.15) is 0 Å². The number of aryl methyl sites for hydroxylation is 1. The number of thiazole rings is 1. The molecule has 4 heteroatoms.